The average Bonchev–Trinajstić information content (AvgIpc) is 2.74. The third kappa shape index (κ3) is 7.17. The number of carbonyl (C=O) groups excluding carboxylic acids is 1. The van der Waals surface area contributed by atoms with Crippen LogP contribution in [-0.4, -0.2) is 17.5 Å². The van der Waals surface area contributed by atoms with Crippen LogP contribution in [0.5, 0.6) is 11.5 Å². The molecule has 1 unspecified atom stereocenters. The molecule has 0 aliphatic rings. The molecular formula is C25H28NO5P. The van der Waals surface area contributed by atoms with Gasteiger partial charge in [-0.3, -0.25) is 0 Å². The van der Waals surface area contributed by atoms with E-state index >= 15 is 0 Å². The van der Waals surface area contributed by atoms with Crippen LogP contribution in [0.2, 0.25) is 0 Å². The summed E-state index contributed by atoms with van der Waals surface area (Å²) >= 11 is 0. The Labute approximate surface area is 189 Å². The highest BCUT2D eigenvalue weighted by Gasteiger charge is 2.41. The number of hydrogen-bond donors (Lipinski definition) is 1. The molecule has 1 amide bonds. The van der Waals surface area contributed by atoms with Crippen LogP contribution in [0.1, 0.15) is 26.3 Å². The maximum absolute atomic E-state index is 14.2. The number of rotatable bonds is 8. The molecule has 6 nitrogen and oxygen atoms in total. The first-order chi connectivity index (χ1) is 15.2. The maximum Gasteiger partial charge on any atom is 0.453 e. The smallest absolute Gasteiger partial charge is 0.444 e. The Balaban J connectivity index is 1.97. The van der Waals surface area contributed by atoms with E-state index in [4.69, 9.17) is 13.8 Å². The number of carbonyl (C=O) groups is 1. The van der Waals surface area contributed by atoms with Crippen molar-refractivity contribution >= 4 is 13.7 Å². The van der Waals surface area contributed by atoms with E-state index in [0.717, 1.165) is 5.56 Å². The van der Waals surface area contributed by atoms with Crippen LogP contribution in [0.4, 0.5) is 4.79 Å². The molecule has 0 bridgehead atoms. The highest BCUT2D eigenvalue weighted by atomic mass is 31.2. The van der Waals surface area contributed by atoms with Gasteiger partial charge >= 0.3 is 13.7 Å². The van der Waals surface area contributed by atoms with Crippen LogP contribution >= 0.6 is 7.60 Å². The summed E-state index contributed by atoms with van der Waals surface area (Å²) in [6.07, 6.45) is -0.483. The second-order valence-corrected chi connectivity index (χ2v) is 10.3. The number of amides is 1. The van der Waals surface area contributed by atoms with Crippen molar-refractivity contribution in [1.82, 2.24) is 5.32 Å². The first-order valence-corrected chi connectivity index (χ1v) is 12.0. The lowest BCUT2D eigenvalue weighted by atomic mass is 10.1. The van der Waals surface area contributed by atoms with Gasteiger partial charge in [0.2, 0.25) is 0 Å². The molecular weight excluding hydrogens is 425 g/mol. The summed E-state index contributed by atoms with van der Waals surface area (Å²) in [6.45, 7) is 5.29. The summed E-state index contributed by atoms with van der Waals surface area (Å²) in [5.41, 5.74) is 0.147. The molecule has 3 aromatic rings. The van der Waals surface area contributed by atoms with Crippen molar-refractivity contribution in [2.24, 2.45) is 0 Å². The van der Waals surface area contributed by atoms with Crippen molar-refractivity contribution in [3.8, 4) is 11.5 Å². The fraction of sp³-hybridized carbons (Fsp3) is 0.240. The largest absolute Gasteiger partial charge is 0.453 e. The molecule has 168 valence electrons. The number of hydrogen-bond acceptors (Lipinski definition) is 5. The molecule has 1 atom stereocenters. The van der Waals surface area contributed by atoms with Crippen molar-refractivity contribution in [3.05, 3.63) is 96.6 Å². The molecule has 0 aliphatic heterocycles. The molecule has 32 heavy (non-hydrogen) atoms. The van der Waals surface area contributed by atoms with E-state index in [0.29, 0.717) is 11.5 Å². The molecule has 7 heteroatoms. The topological polar surface area (TPSA) is 73.9 Å². The molecule has 3 rings (SSSR count). The Morgan fingerprint density at radius 1 is 0.812 bits per heavy atom. The molecule has 0 radical (unpaired) electrons. The van der Waals surface area contributed by atoms with Crippen molar-refractivity contribution < 1.29 is 23.1 Å². The summed E-state index contributed by atoms with van der Waals surface area (Å²) < 4.78 is 31.5. The van der Waals surface area contributed by atoms with Crippen LogP contribution in [0.15, 0.2) is 91.0 Å². The van der Waals surface area contributed by atoms with Crippen LogP contribution in [-0.2, 0) is 15.7 Å². The Bertz CT molecular complexity index is 991. The van der Waals surface area contributed by atoms with E-state index in [1.165, 1.54) is 0 Å². The van der Waals surface area contributed by atoms with Crippen LogP contribution in [0.3, 0.4) is 0 Å². The van der Waals surface area contributed by atoms with Gasteiger partial charge in [0.05, 0.1) is 0 Å². The molecule has 0 aromatic heterocycles. The van der Waals surface area contributed by atoms with Gasteiger partial charge in [0, 0.05) is 6.42 Å². The fourth-order valence-electron chi connectivity index (χ4n) is 2.93. The SMILES string of the molecule is CC(C)(C)OC(=O)NC(Cc1ccccc1)P(=O)(Oc1ccccc1)Oc1ccccc1. The fourth-order valence-corrected chi connectivity index (χ4v) is 4.75. The summed E-state index contributed by atoms with van der Waals surface area (Å²) in [7, 11) is -3.97. The van der Waals surface area contributed by atoms with Gasteiger partial charge in [-0.1, -0.05) is 66.7 Å². The van der Waals surface area contributed by atoms with Crippen LogP contribution in [0, 0.1) is 0 Å². The van der Waals surface area contributed by atoms with E-state index in [1.807, 2.05) is 42.5 Å². The monoisotopic (exact) mass is 453 g/mol. The Morgan fingerprint density at radius 3 is 1.69 bits per heavy atom. The second kappa shape index (κ2) is 10.4. The molecule has 0 saturated carbocycles. The summed E-state index contributed by atoms with van der Waals surface area (Å²) in [6, 6.07) is 26.9. The van der Waals surface area contributed by atoms with E-state index < -0.39 is 25.1 Å². The quantitative estimate of drug-likeness (QED) is 0.398. The molecule has 0 heterocycles. The molecule has 3 aromatic carbocycles. The summed E-state index contributed by atoms with van der Waals surface area (Å²) in [5, 5.41) is 2.73. The van der Waals surface area contributed by atoms with E-state index in [2.05, 4.69) is 5.32 Å². The van der Waals surface area contributed by atoms with Crippen molar-refractivity contribution in [2.75, 3.05) is 0 Å². The lowest BCUT2D eigenvalue weighted by Crippen LogP contribution is -2.41. The van der Waals surface area contributed by atoms with E-state index in [-0.39, 0.29) is 6.42 Å². The highest BCUT2D eigenvalue weighted by molar-refractivity contribution is 7.55. The van der Waals surface area contributed by atoms with Crippen molar-refractivity contribution in [3.63, 3.8) is 0 Å². The second-order valence-electron chi connectivity index (χ2n) is 8.20. The molecule has 1 N–H and O–H groups in total. The zero-order valence-corrected chi connectivity index (χ0v) is 19.3. The Hall–Kier alpha value is -3.24. The van der Waals surface area contributed by atoms with Crippen LogP contribution < -0.4 is 14.4 Å². The van der Waals surface area contributed by atoms with Gasteiger partial charge in [-0.15, -0.1) is 0 Å². The number of ether oxygens (including phenoxy) is 1. The van der Waals surface area contributed by atoms with Gasteiger partial charge in [0.1, 0.15) is 17.1 Å². The first kappa shape index (κ1) is 23.4. The van der Waals surface area contributed by atoms with Crippen LogP contribution in [0.25, 0.3) is 0 Å². The number of para-hydroxylation sites is 2. The normalized spacial score (nSPS) is 12.5. The minimum atomic E-state index is -3.97. The average molecular weight is 453 g/mol. The molecule has 0 aliphatic carbocycles. The van der Waals surface area contributed by atoms with Gasteiger partial charge in [-0.2, -0.15) is 0 Å². The Morgan fingerprint density at radius 2 is 1.25 bits per heavy atom. The standard InChI is InChI=1S/C25H28NO5P/c1-25(2,3)29-24(27)26-23(19-20-13-7-4-8-14-20)32(28,30-21-15-9-5-10-16-21)31-22-17-11-6-12-18-22/h4-18,23H,19H2,1-3H3,(H,26,27). The zero-order chi connectivity index (χ0) is 23.0. The first-order valence-electron chi connectivity index (χ1n) is 10.4. The molecule has 0 spiro atoms. The highest BCUT2D eigenvalue weighted by Crippen LogP contribution is 2.53. The zero-order valence-electron chi connectivity index (χ0n) is 18.4. The van der Waals surface area contributed by atoms with Gasteiger partial charge in [0.15, 0.2) is 5.78 Å². The van der Waals surface area contributed by atoms with Crippen molar-refractivity contribution in [1.29, 1.82) is 0 Å². The summed E-state index contributed by atoms with van der Waals surface area (Å²) in [4.78, 5) is 12.6. The molecule has 0 fully saturated rings. The van der Waals surface area contributed by atoms with Gasteiger partial charge < -0.3 is 19.1 Å². The van der Waals surface area contributed by atoms with E-state index in [9.17, 15) is 9.36 Å². The Kier molecular flexibility index (Phi) is 7.60. The minimum Gasteiger partial charge on any atom is -0.444 e. The lowest BCUT2D eigenvalue weighted by molar-refractivity contribution is 0.0515. The minimum absolute atomic E-state index is 0.219. The number of nitrogens with one attached hydrogen (secondary N) is 1. The van der Waals surface area contributed by atoms with Gasteiger partial charge in [0.25, 0.3) is 0 Å². The number of benzene rings is 3. The number of alkyl carbamates (subject to hydrolysis) is 1. The third-order valence-electron chi connectivity index (χ3n) is 4.29. The predicted molar refractivity (Wildman–Crippen MR) is 125 cm³/mol. The lowest BCUT2D eigenvalue weighted by Gasteiger charge is -2.29. The summed E-state index contributed by atoms with van der Waals surface area (Å²) in [5.74, 6) is -0.258. The predicted octanol–water partition coefficient (Wildman–Crippen LogP) is 6.43. The van der Waals surface area contributed by atoms with Gasteiger partial charge in [-0.05, 0) is 50.6 Å². The maximum atomic E-state index is 14.2. The van der Waals surface area contributed by atoms with Gasteiger partial charge in [-0.25, -0.2) is 9.36 Å². The third-order valence-corrected chi connectivity index (χ3v) is 6.29. The van der Waals surface area contributed by atoms with E-state index in [1.54, 1.807) is 69.3 Å². The molecule has 0 saturated heterocycles. The van der Waals surface area contributed by atoms with Crippen molar-refractivity contribution in [2.45, 2.75) is 38.6 Å².